The highest BCUT2D eigenvalue weighted by molar-refractivity contribution is 7.90. The van der Waals surface area contributed by atoms with Gasteiger partial charge in [-0.15, -0.1) is 0 Å². The third kappa shape index (κ3) is 3.17. The Morgan fingerprint density at radius 1 is 1.21 bits per heavy atom. The first-order chi connectivity index (χ1) is 11.3. The van der Waals surface area contributed by atoms with Crippen molar-refractivity contribution >= 4 is 27.2 Å². The number of halogens is 1. The zero-order valence-corrected chi connectivity index (χ0v) is 15.6. The fraction of sp³-hybridized carbons (Fsp3) is 0.368. The van der Waals surface area contributed by atoms with Gasteiger partial charge in [-0.3, -0.25) is 4.31 Å². The number of hydrogen-bond acceptors (Lipinski definition) is 2. The molecule has 1 heterocycles. The van der Waals surface area contributed by atoms with Crippen LogP contribution in [-0.2, 0) is 10.0 Å². The molecule has 0 amide bonds. The van der Waals surface area contributed by atoms with Crippen LogP contribution >= 0.6 is 11.6 Å². The molecule has 1 unspecified atom stereocenters. The zero-order valence-electron chi connectivity index (χ0n) is 14.0. The molecule has 1 aromatic carbocycles. The van der Waals surface area contributed by atoms with Crippen molar-refractivity contribution < 1.29 is 8.42 Å². The highest BCUT2D eigenvalue weighted by Crippen LogP contribution is 2.38. The maximum Gasteiger partial charge on any atom is 0.244 e. The van der Waals surface area contributed by atoms with E-state index in [2.05, 4.69) is 6.08 Å². The van der Waals surface area contributed by atoms with Crippen molar-refractivity contribution in [3.8, 4) is 0 Å². The summed E-state index contributed by atoms with van der Waals surface area (Å²) in [5.41, 5.74) is 2.98. The summed E-state index contributed by atoms with van der Waals surface area (Å²) >= 11 is 5.96. The lowest BCUT2D eigenvalue weighted by molar-refractivity contribution is 0.453. The maximum absolute atomic E-state index is 13.2. The van der Waals surface area contributed by atoms with E-state index in [1.807, 2.05) is 50.3 Å². The number of nitrogens with zero attached hydrogens (tertiary/aromatic N) is 1. The van der Waals surface area contributed by atoms with E-state index in [0.717, 1.165) is 29.6 Å². The monoisotopic (exact) mass is 363 g/mol. The van der Waals surface area contributed by atoms with Crippen LogP contribution in [-0.4, -0.2) is 24.0 Å². The highest BCUT2D eigenvalue weighted by atomic mass is 35.5. The Kier molecular flexibility index (Phi) is 4.63. The Labute approximate surface area is 149 Å². The van der Waals surface area contributed by atoms with Gasteiger partial charge in [0.1, 0.15) is 4.75 Å². The molecule has 1 aliphatic heterocycles. The van der Waals surface area contributed by atoms with Crippen LogP contribution in [0, 0.1) is 0 Å². The summed E-state index contributed by atoms with van der Waals surface area (Å²) < 4.78 is 27.0. The molecule has 2 aliphatic rings. The molecule has 0 saturated heterocycles. The van der Waals surface area contributed by atoms with Crippen LogP contribution in [0.2, 0.25) is 5.02 Å². The van der Waals surface area contributed by atoms with E-state index < -0.39 is 14.8 Å². The standard InChI is InChI=1S/C19H22ClNO2S/c1-15-12-17(16-6-8-18(20)9-7-16)14-19(2,13-15)24(22,23)21-10-4-3-5-11-21/h4,6-10,12,14H,3,5,11,13H2,1-2H3. The van der Waals surface area contributed by atoms with Crippen LogP contribution in [0.1, 0.15) is 38.7 Å². The van der Waals surface area contributed by atoms with Crippen molar-refractivity contribution in [2.24, 2.45) is 0 Å². The van der Waals surface area contributed by atoms with Gasteiger partial charge in [-0.1, -0.05) is 47.5 Å². The minimum atomic E-state index is -3.46. The van der Waals surface area contributed by atoms with Gasteiger partial charge in [0.2, 0.25) is 10.0 Å². The van der Waals surface area contributed by atoms with Gasteiger partial charge in [-0.25, -0.2) is 8.42 Å². The second-order valence-electron chi connectivity index (χ2n) is 6.73. The molecule has 1 atom stereocenters. The number of sulfonamides is 1. The van der Waals surface area contributed by atoms with E-state index in [0.29, 0.717) is 18.0 Å². The molecular weight excluding hydrogens is 342 g/mol. The highest BCUT2D eigenvalue weighted by Gasteiger charge is 2.42. The van der Waals surface area contributed by atoms with E-state index in [1.54, 1.807) is 6.20 Å². The Morgan fingerprint density at radius 3 is 2.54 bits per heavy atom. The van der Waals surface area contributed by atoms with Crippen molar-refractivity contribution in [3.63, 3.8) is 0 Å². The van der Waals surface area contributed by atoms with Crippen LogP contribution < -0.4 is 0 Å². The average molecular weight is 364 g/mol. The van der Waals surface area contributed by atoms with Crippen molar-refractivity contribution in [3.05, 3.63) is 64.9 Å². The largest absolute Gasteiger partial charge is 0.277 e. The first kappa shape index (κ1) is 17.3. The summed E-state index contributed by atoms with van der Waals surface area (Å²) in [5, 5.41) is 0.671. The zero-order chi connectivity index (χ0) is 17.4. The molecule has 0 spiro atoms. The van der Waals surface area contributed by atoms with Gasteiger partial charge in [0.15, 0.2) is 0 Å². The van der Waals surface area contributed by atoms with Crippen LogP contribution in [0.5, 0.6) is 0 Å². The van der Waals surface area contributed by atoms with Gasteiger partial charge in [0.25, 0.3) is 0 Å². The Bertz CT molecular complexity index is 821. The van der Waals surface area contributed by atoms with E-state index in [1.165, 1.54) is 4.31 Å². The lowest BCUT2D eigenvalue weighted by Crippen LogP contribution is -2.45. The summed E-state index contributed by atoms with van der Waals surface area (Å²) in [4.78, 5) is 0. The quantitative estimate of drug-likeness (QED) is 0.775. The average Bonchev–Trinajstić information content (AvgIpc) is 2.55. The van der Waals surface area contributed by atoms with Crippen LogP contribution in [0.4, 0.5) is 0 Å². The summed E-state index contributed by atoms with van der Waals surface area (Å²) in [6, 6.07) is 7.51. The van der Waals surface area contributed by atoms with Crippen LogP contribution in [0.3, 0.4) is 0 Å². The Balaban J connectivity index is 2.03. The summed E-state index contributed by atoms with van der Waals surface area (Å²) in [7, 11) is -3.46. The molecule has 0 aromatic heterocycles. The third-order valence-corrected chi connectivity index (χ3v) is 7.20. The lowest BCUT2D eigenvalue weighted by Gasteiger charge is -2.36. The van der Waals surface area contributed by atoms with E-state index in [-0.39, 0.29) is 0 Å². The lowest BCUT2D eigenvalue weighted by atomic mass is 9.88. The predicted octanol–water partition coefficient (Wildman–Crippen LogP) is 4.77. The SMILES string of the molecule is CC1=CC(c2ccc(Cl)cc2)=CC(C)(S(=O)(=O)N2C=CCCC2)C1. The topological polar surface area (TPSA) is 37.4 Å². The Hall–Kier alpha value is -1.52. The molecule has 5 heteroatoms. The first-order valence-corrected chi connectivity index (χ1v) is 9.98. The molecule has 24 heavy (non-hydrogen) atoms. The van der Waals surface area contributed by atoms with E-state index in [4.69, 9.17) is 11.6 Å². The first-order valence-electron chi connectivity index (χ1n) is 8.16. The molecule has 3 nitrogen and oxygen atoms in total. The van der Waals surface area contributed by atoms with E-state index >= 15 is 0 Å². The van der Waals surface area contributed by atoms with E-state index in [9.17, 15) is 8.42 Å². The predicted molar refractivity (Wildman–Crippen MR) is 100 cm³/mol. The number of allylic oxidation sites excluding steroid dienone is 4. The molecule has 3 rings (SSSR count). The van der Waals surface area contributed by atoms with Gasteiger partial charge >= 0.3 is 0 Å². The molecule has 0 saturated carbocycles. The molecule has 0 fully saturated rings. The second kappa shape index (κ2) is 6.41. The minimum absolute atomic E-state index is 0.511. The molecule has 0 N–H and O–H groups in total. The van der Waals surface area contributed by atoms with Gasteiger partial charge in [0, 0.05) is 17.8 Å². The van der Waals surface area contributed by atoms with Crippen molar-refractivity contribution in [2.75, 3.05) is 6.54 Å². The van der Waals surface area contributed by atoms with Crippen molar-refractivity contribution in [2.45, 2.75) is 37.9 Å². The third-order valence-electron chi connectivity index (χ3n) is 4.59. The minimum Gasteiger partial charge on any atom is -0.277 e. The molecule has 1 aromatic rings. The molecular formula is C19H22ClNO2S. The van der Waals surface area contributed by atoms with Crippen molar-refractivity contribution in [1.82, 2.24) is 4.31 Å². The van der Waals surface area contributed by atoms with Gasteiger partial charge in [-0.2, -0.15) is 0 Å². The fourth-order valence-electron chi connectivity index (χ4n) is 3.37. The van der Waals surface area contributed by atoms with Crippen molar-refractivity contribution in [1.29, 1.82) is 0 Å². The van der Waals surface area contributed by atoms with Crippen LogP contribution in [0.15, 0.2) is 54.3 Å². The second-order valence-corrected chi connectivity index (χ2v) is 9.52. The molecule has 0 radical (unpaired) electrons. The fourth-order valence-corrected chi connectivity index (χ4v) is 5.33. The maximum atomic E-state index is 13.2. The Morgan fingerprint density at radius 2 is 1.92 bits per heavy atom. The summed E-state index contributed by atoms with van der Waals surface area (Å²) in [5.74, 6) is 0. The number of rotatable bonds is 3. The summed E-state index contributed by atoms with van der Waals surface area (Å²) in [6.07, 6.45) is 9.92. The number of benzene rings is 1. The summed E-state index contributed by atoms with van der Waals surface area (Å²) in [6.45, 7) is 4.36. The van der Waals surface area contributed by atoms with Crippen LogP contribution in [0.25, 0.3) is 5.57 Å². The van der Waals surface area contributed by atoms with Gasteiger partial charge in [-0.05, 0) is 56.4 Å². The molecule has 1 aliphatic carbocycles. The smallest absolute Gasteiger partial charge is 0.244 e. The van der Waals surface area contributed by atoms with Gasteiger partial charge in [0.05, 0.1) is 0 Å². The normalized spacial score (nSPS) is 24.5. The molecule has 0 bridgehead atoms. The number of hydrogen-bond donors (Lipinski definition) is 0. The van der Waals surface area contributed by atoms with Gasteiger partial charge < -0.3 is 0 Å². The molecule has 128 valence electrons.